The van der Waals surface area contributed by atoms with E-state index in [1.807, 2.05) is 0 Å². The van der Waals surface area contributed by atoms with E-state index in [4.69, 9.17) is 17.3 Å². The Hall–Kier alpha value is -1.07. The first-order chi connectivity index (χ1) is 9.42. The molecule has 0 aliphatic carbocycles. The van der Waals surface area contributed by atoms with Crippen LogP contribution in [0.5, 0.6) is 0 Å². The maximum Gasteiger partial charge on any atom is 0.223 e. The van der Waals surface area contributed by atoms with Gasteiger partial charge in [0.05, 0.1) is 0 Å². The molecule has 112 valence electrons. The molecule has 1 aromatic heterocycles. The van der Waals surface area contributed by atoms with Crippen molar-refractivity contribution in [2.45, 2.75) is 33.2 Å². The monoisotopic (exact) mass is 297 g/mol. The van der Waals surface area contributed by atoms with Gasteiger partial charge in [0.15, 0.2) is 0 Å². The van der Waals surface area contributed by atoms with Crippen LogP contribution in [0.1, 0.15) is 27.2 Å². The molecule has 3 atom stereocenters. The Morgan fingerprint density at radius 3 is 2.65 bits per heavy atom. The largest absolute Gasteiger partial charge is 0.368 e. The van der Waals surface area contributed by atoms with E-state index in [9.17, 15) is 0 Å². The number of rotatable bonds is 4. The van der Waals surface area contributed by atoms with Gasteiger partial charge in [-0.2, -0.15) is 4.98 Å². The summed E-state index contributed by atoms with van der Waals surface area (Å²) in [5.41, 5.74) is 5.60. The quantitative estimate of drug-likeness (QED) is 0.836. The molecule has 3 N–H and O–H groups in total. The van der Waals surface area contributed by atoms with Crippen LogP contribution in [0, 0.1) is 11.8 Å². The average molecular weight is 298 g/mol. The lowest BCUT2D eigenvalue weighted by Gasteiger charge is -2.36. The summed E-state index contributed by atoms with van der Waals surface area (Å²) >= 11 is 5.88. The summed E-state index contributed by atoms with van der Waals surface area (Å²) in [6.07, 6.45) is 1.33. The van der Waals surface area contributed by atoms with Gasteiger partial charge in [0.25, 0.3) is 0 Å². The Labute approximate surface area is 125 Å². The van der Waals surface area contributed by atoms with Crippen LogP contribution in [0.15, 0.2) is 6.07 Å². The third-order valence-corrected chi connectivity index (χ3v) is 3.78. The second kappa shape index (κ2) is 6.59. The topological polar surface area (TPSA) is 67.1 Å². The van der Waals surface area contributed by atoms with E-state index in [2.05, 4.69) is 41.0 Å². The number of hydrogen-bond donors (Lipinski definition) is 2. The van der Waals surface area contributed by atoms with Crippen LogP contribution >= 0.6 is 11.6 Å². The number of aromatic nitrogens is 2. The van der Waals surface area contributed by atoms with Crippen molar-refractivity contribution in [2.75, 3.05) is 30.7 Å². The van der Waals surface area contributed by atoms with Crippen LogP contribution in [0.2, 0.25) is 5.15 Å². The molecule has 0 aromatic carbocycles. The first-order valence-electron chi connectivity index (χ1n) is 7.21. The van der Waals surface area contributed by atoms with Crippen LogP contribution in [-0.4, -0.2) is 40.5 Å². The molecule has 3 unspecified atom stereocenters. The molecule has 1 aromatic rings. The van der Waals surface area contributed by atoms with Crippen LogP contribution < -0.4 is 11.1 Å². The molecule has 0 saturated carbocycles. The zero-order valence-corrected chi connectivity index (χ0v) is 13.2. The maximum atomic E-state index is 5.88. The summed E-state index contributed by atoms with van der Waals surface area (Å²) in [6, 6.07) is 1.99. The van der Waals surface area contributed by atoms with Crippen LogP contribution in [0.25, 0.3) is 0 Å². The third-order valence-electron chi connectivity index (χ3n) is 3.58. The summed E-state index contributed by atoms with van der Waals surface area (Å²) in [4.78, 5) is 10.5. The first-order valence-corrected chi connectivity index (χ1v) is 7.59. The van der Waals surface area contributed by atoms with Crippen molar-refractivity contribution in [1.29, 1.82) is 0 Å². The number of nitrogen functional groups attached to an aromatic ring is 1. The van der Waals surface area contributed by atoms with Crippen LogP contribution in [0.4, 0.5) is 11.8 Å². The first kappa shape index (κ1) is 15.3. The van der Waals surface area contributed by atoms with E-state index >= 15 is 0 Å². The Morgan fingerprint density at radius 1 is 1.40 bits per heavy atom. The van der Waals surface area contributed by atoms with E-state index in [-0.39, 0.29) is 12.0 Å². The normalized spacial score (nSPS) is 25.4. The van der Waals surface area contributed by atoms with Gasteiger partial charge in [-0.05, 0) is 25.2 Å². The number of nitrogens with two attached hydrogens (primary N) is 1. The minimum absolute atomic E-state index is 0.201. The van der Waals surface area contributed by atoms with Crippen LogP contribution in [0.3, 0.4) is 0 Å². The highest BCUT2D eigenvalue weighted by Gasteiger charge is 2.22. The number of nitrogens with zero attached hydrogens (tertiary/aromatic N) is 3. The molecule has 1 aliphatic heterocycles. The van der Waals surface area contributed by atoms with Gasteiger partial charge in [-0.15, -0.1) is 0 Å². The number of halogens is 1. The van der Waals surface area contributed by atoms with Crippen molar-refractivity contribution >= 4 is 23.4 Å². The summed E-state index contributed by atoms with van der Waals surface area (Å²) < 4.78 is 0. The molecule has 1 fully saturated rings. The van der Waals surface area contributed by atoms with Crippen molar-refractivity contribution in [3.05, 3.63) is 11.2 Å². The lowest BCUT2D eigenvalue weighted by molar-refractivity contribution is 0.138. The minimum Gasteiger partial charge on any atom is -0.368 e. The van der Waals surface area contributed by atoms with E-state index in [0.717, 1.165) is 18.4 Å². The molecule has 0 spiro atoms. The molecule has 20 heavy (non-hydrogen) atoms. The van der Waals surface area contributed by atoms with Gasteiger partial charge >= 0.3 is 0 Å². The number of nitrogens with one attached hydrogen (secondary N) is 1. The van der Waals surface area contributed by atoms with E-state index in [0.29, 0.717) is 11.0 Å². The summed E-state index contributed by atoms with van der Waals surface area (Å²) in [5.74, 6) is 2.44. The molecule has 0 radical (unpaired) electrons. The Morgan fingerprint density at radius 2 is 2.05 bits per heavy atom. The summed E-state index contributed by atoms with van der Waals surface area (Å²) in [7, 11) is 0. The molecule has 0 bridgehead atoms. The highest BCUT2D eigenvalue weighted by molar-refractivity contribution is 6.29. The minimum atomic E-state index is 0.201. The molecule has 2 rings (SSSR count). The van der Waals surface area contributed by atoms with Gasteiger partial charge in [-0.3, -0.25) is 0 Å². The number of piperidine rings is 1. The molecule has 0 amide bonds. The van der Waals surface area contributed by atoms with Crippen molar-refractivity contribution < 1.29 is 0 Å². The van der Waals surface area contributed by atoms with Crippen LogP contribution in [-0.2, 0) is 0 Å². The van der Waals surface area contributed by atoms with Gasteiger partial charge < -0.3 is 16.0 Å². The molecule has 2 heterocycles. The Balaban J connectivity index is 1.90. The second-order valence-corrected chi connectivity index (χ2v) is 6.53. The fourth-order valence-corrected chi connectivity index (χ4v) is 3.33. The van der Waals surface area contributed by atoms with E-state index < -0.39 is 0 Å². The molecule has 1 aliphatic rings. The maximum absolute atomic E-state index is 5.88. The number of likely N-dealkylation sites (tertiary alicyclic amines) is 1. The standard InChI is InChI=1S/C14H24ClN5/c1-9-4-10(2)7-20(6-9)8-11(3)17-13-5-12(15)18-14(16)19-13/h5,9-11H,4,6-8H2,1-3H3,(H3,16,17,18,19). The van der Waals surface area contributed by atoms with E-state index in [1.165, 1.54) is 19.5 Å². The lowest BCUT2D eigenvalue weighted by atomic mass is 9.92. The fourth-order valence-electron chi connectivity index (χ4n) is 3.14. The zero-order valence-electron chi connectivity index (χ0n) is 12.4. The van der Waals surface area contributed by atoms with E-state index in [1.54, 1.807) is 6.07 Å². The van der Waals surface area contributed by atoms with Gasteiger partial charge in [0.2, 0.25) is 5.95 Å². The Kier molecular flexibility index (Phi) is 5.05. The molecule has 1 saturated heterocycles. The van der Waals surface area contributed by atoms with Gasteiger partial charge in [0, 0.05) is 31.7 Å². The fraction of sp³-hybridized carbons (Fsp3) is 0.714. The SMILES string of the molecule is CC1CC(C)CN(CC(C)Nc2cc(Cl)nc(N)n2)C1. The smallest absolute Gasteiger partial charge is 0.223 e. The highest BCUT2D eigenvalue weighted by atomic mass is 35.5. The number of anilines is 2. The average Bonchev–Trinajstić information content (AvgIpc) is 2.24. The number of hydrogen-bond acceptors (Lipinski definition) is 5. The van der Waals surface area contributed by atoms with Crippen molar-refractivity contribution in [2.24, 2.45) is 11.8 Å². The molecular weight excluding hydrogens is 274 g/mol. The third kappa shape index (κ3) is 4.49. The molecule has 5 nitrogen and oxygen atoms in total. The van der Waals surface area contributed by atoms with Crippen molar-refractivity contribution in [1.82, 2.24) is 14.9 Å². The lowest BCUT2D eigenvalue weighted by Crippen LogP contribution is -2.43. The predicted octanol–water partition coefficient (Wildman–Crippen LogP) is 2.49. The van der Waals surface area contributed by atoms with Crippen molar-refractivity contribution in [3.63, 3.8) is 0 Å². The predicted molar refractivity (Wildman–Crippen MR) is 83.9 cm³/mol. The molecule has 6 heteroatoms. The van der Waals surface area contributed by atoms with Crippen molar-refractivity contribution in [3.8, 4) is 0 Å². The summed E-state index contributed by atoms with van der Waals surface area (Å²) in [6.45, 7) is 10.1. The zero-order chi connectivity index (χ0) is 14.7. The van der Waals surface area contributed by atoms with Gasteiger partial charge in [-0.25, -0.2) is 4.98 Å². The summed E-state index contributed by atoms with van der Waals surface area (Å²) in [5, 5.41) is 3.71. The Bertz CT molecular complexity index is 423. The van der Waals surface area contributed by atoms with Gasteiger partial charge in [-0.1, -0.05) is 25.4 Å². The second-order valence-electron chi connectivity index (χ2n) is 6.14. The van der Waals surface area contributed by atoms with Gasteiger partial charge in [0.1, 0.15) is 11.0 Å². The molecular formula is C14H24ClN5. The highest BCUT2D eigenvalue weighted by Crippen LogP contribution is 2.21.